The van der Waals surface area contributed by atoms with Gasteiger partial charge in [0.25, 0.3) is 0 Å². The molecule has 0 aromatic heterocycles. The first-order valence-electron chi connectivity index (χ1n) is 2.84. The number of hydrogen-bond donors (Lipinski definition) is 0. The molecule has 0 saturated heterocycles. The van der Waals surface area contributed by atoms with Gasteiger partial charge in [-0.1, -0.05) is 5.57 Å². The van der Waals surface area contributed by atoms with E-state index < -0.39 is 0 Å². The highest BCUT2D eigenvalue weighted by Gasteiger charge is 2.21. The Morgan fingerprint density at radius 2 is 2.56 bits per heavy atom. The van der Waals surface area contributed by atoms with E-state index in [-0.39, 0.29) is 11.7 Å². The predicted molar refractivity (Wildman–Crippen MR) is 32.5 cm³/mol. The molecule has 0 spiro atoms. The summed E-state index contributed by atoms with van der Waals surface area (Å²) >= 11 is 0. The van der Waals surface area contributed by atoms with Gasteiger partial charge in [0.2, 0.25) is 0 Å². The van der Waals surface area contributed by atoms with Gasteiger partial charge in [0.15, 0.2) is 5.78 Å². The van der Waals surface area contributed by atoms with Crippen molar-refractivity contribution >= 4 is 5.78 Å². The average Bonchev–Trinajstić information content (AvgIpc) is 2.10. The molecule has 0 aromatic carbocycles. The van der Waals surface area contributed by atoms with Crippen molar-refractivity contribution < 1.29 is 4.79 Å². The summed E-state index contributed by atoms with van der Waals surface area (Å²) in [4.78, 5) is 10.7. The van der Waals surface area contributed by atoms with Crippen LogP contribution < -0.4 is 0 Å². The first kappa shape index (κ1) is 6.03. The van der Waals surface area contributed by atoms with Crippen molar-refractivity contribution in [2.24, 2.45) is 5.92 Å². The van der Waals surface area contributed by atoms with Gasteiger partial charge in [0, 0.05) is 0 Å². The van der Waals surface area contributed by atoms with E-state index in [9.17, 15) is 4.79 Å². The minimum Gasteiger partial charge on any atom is -0.293 e. The van der Waals surface area contributed by atoms with Gasteiger partial charge in [0.05, 0.1) is 6.07 Å². The lowest BCUT2D eigenvalue weighted by Gasteiger charge is -1.91. The smallest absolute Gasteiger partial charge is 0.173 e. The van der Waals surface area contributed by atoms with Crippen LogP contribution in [-0.2, 0) is 4.79 Å². The summed E-state index contributed by atoms with van der Waals surface area (Å²) in [6.07, 6.45) is 2.18. The summed E-state index contributed by atoms with van der Waals surface area (Å²) < 4.78 is 0. The first-order valence-corrected chi connectivity index (χ1v) is 2.84. The molecule has 0 radical (unpaired) electrons. The Morgan fingerprint density at radius 1 is 1.89 bits per heavy atom. The van der Waals surface area contributed by atoms with Gasteiger partial charge in [-0.3, -0.25) is 4.79 Å². The molecule has 0 saturated carbocycles. The Labute approximate surface area is 53.8 Å². The van der Waals surface area contributed by atoms with Crippen LogP contribution in [0.5, 0.6) is 0 Å². The molecule has 1 atom stereocenters. The second kappa shape index (κ2) is 2.02. The molecule has 1 rings (SSSR count). The molecular formula is C7H7NO. The number of allylic oxidation sites excluding steroid dienone is 2. The van der Waals surface area contributed by atoms with Crippen LogP contribution in [0.4, 0.5) is 0 Å². The summed E-state index contributed by atoms with van der Waals surface area (Å²) in [5.74, 6) is -0.417. The molecule has 2 nitrogen and oxygen atoms in total. The van der Waals surface area contributed by atoms with Crippen LogP contribution in [-0.4, -0.2) is 5.78 Å². The zero-order valence-corrected chi connectivity index (χ0v) is 5.22. The van der Waals surface area contributed by atoms with Crippen molar-refractivity contribution in [3.63, 3.8) is 0 Å². The maximum Gasteiger partial charge on any atom is 0.173 e. The number of carbonyl (C=O) groups is 1. The molecule has 46 valence electrons. The van der Waals surface area contributed by atoms with Crippen LogP contribution in [0.15, 0.2) is 11.6 Å². The van der Waals surface area contributed by atoms with E-state index in [1.54, 1.807) is 6.08 Å². The second-order valence-corrected chi connectivity index (χ2v) is 2.28. The lowest BCUT2D eigenvalue weighted by atomic mass is 10.1. The molecule has 0 heterocycles. The van der Waals surface area contributed by atoms with Gasteiger partial charge in [-0.25, -0.2) is 0 Å². The monoisotopic (exact) mass is 121 g/mol. The number of rotatable bonds is 0. The Kier molecular flexibility index (Phi) is 1.35. The summed E-state index contributed by atoms with van der Waals surface area (Å²) in [6, 6.07) is 1.94. The van der Waals surface area contributed by atoms with Crippen LogP contribution in [0.2, 0.25) is 0 Å². The van der Waals surface area contributed by atoms with Crippen LogP contribution >= 0.6 is 0 Å². The molecule has 0 amide bonds. The summed E-state index contributed by atoms with van der Waals surface area (Å²) in [5.41, 5.74) is 1.02. The molecule has 0 fully saturated rings. The van der Waals surface area contributed by atoms with E-state index in [2.05, 4.69) is 0 Å². The topological polar surface area (TPSA) is 40.9 Å². The van der Waals surface area contributed by atoms with E-state index in [0.717, 1.165) is 5.57 Å². The standard InChI is InChI=1S/C7H7NO/c1-5-2-6(4-8)7(9)3-5/h3,6H,2H2,1H3. The summed E-state index contributed by atoms with van der Waals surface area (Å²) in [6.45, 7) is 1.87. The third-order valence-corrected chi connectivity index (χ3v) is 1.41. The van der Waals surface area contributed by atoms with E-state index in [4.69, 9.17) is 5.26 Å². The third kappa shape index (κ3) is 0.996. The highest BCUT2D eigenvalue weighted by Crippen LogP contribution is 2.19. The van der Waals surface area contributed by atoms with E-state index in [1.807, 2.05) is 13.0 Å². The fourth-order valence-corrected chi connectivity index (χ4v) is 0.934. The number of carbonyl (C=O) groups excluding carboxylic acids is 1. The van der Waals surface area contributed by atoms with E-state index in [0.29, 0.717) is 6.42 Å². The molecule has 2 heteroatoms. The van der Waals surface area contributed by atoms with Crippen molar-refractivity contribution in [3.8, 4) is 6.07 Å². The fourth-order valence-electron chi connectivity index (χ4n) is 0.934. The molecule has 1 unspecified atom stereocenters. The number of hydrogen-bond acceptors (Lipinski definition) is 2. The summed E-state index contributed by atoms with van der Waals surface area (Å²) in [5, 5.41) is 8.35. The third-order valence-electron chi connectivity index (χ3n) is 1.41. The summed E-state index contributed by atoms with van der Waals surface area (Å²) in [7, 11) is 0. The first-order chi connectivity index (χ1) is 4.24. The Hall–Kier alpha value is -1.10. The molecule has 0 bridgehead atoms. The molecular weight excluding hydrogens is 114 g/mol. The largest absolute Gasteiger partial charge is 0.293 e. The quantitative estimate of drug-likeness (QED) is 0.480. The van der Waals surface area contributed by atoms with Crippen LogP contribution in [0.25, 0.3) is 0 Å². The molecule has 0 aliphatic heterocycles. The van der Waals surface area contributed by atoms with Gasteiger partial charge >= 0.3 is 0 Å². The Morgan fingerprint density at radius 3 is 2.78 bits per heavy atom. The SMILES string of the molecule is CC1=CC(=O)C(C#N)C1. The molecule has 9 heavy (non-hydrogen) atoms. The lowest BCUT2D eigenvalue weighted by molar-refractivity contribution is -0.116. The van der Waals surface area contributed by atoms with Crippen LogP contribution in [0.3, 0.4) is 0 Å². The number of nitriles is 1. The minimum atomic E-state index is -0.384. The Bertz CT molecular complexity index is 209. The van der Waals surface area contributed by atoms with Gasteiger partial charge in [-0.15, -0.1) is 0 Å². The molecule has 0 aromatic rings. The number of ketones is 1. The van der Waals surface area contributed by atoms with Gasteiger partial charge in [0.1, 0.15) is 5.92 Å². The molecule has 1 aliphatic rings. The zero-order valence-electron chi connectivity index (χ0n) is 5.22. The van der Waals surface area contributed by atoms with Gasteiger partial charge in [-0.2, -0.15) is 5.26 Å². The fraction of sp³-hybridized carbons (Fsp3) is 0.429. The van der Waals surface area contributed by atoms with Crippen molar-refractivity contribution in [1.29, 1.82) is 5.26 Å². The second-order valence-electron chi connectivity index (χ2n) is 2.28. The predicted octanol–water partition coefficient (Wildman–Crippen LogP) is 1.05. The minimum absolute atomic E-state index is 0.0324. The molecule has 1 aliphatic carbocycles. The van der Waals surface area contributed by atoms with Crippen molar-refractivity contribution in [2.75, 3.05) is 0 Å². The van der Waals surface area contributed by atoms with Gasteiger partial charge in [-0.05, 0) is 19.4 Å². The highest BCUT2D eigenvalue weighted by atomic mass is 16.1. The maximum absolute atomic E-state index is 10.7. The molecule has 0 N–H and O–H groups in total. The van der Waals surface area contributed by atoms with Crippen LogP contribution in [0.1, 0.15) is 13.3 Å². The lowest BCUT2D eigenvalue weighted by Crippen LogP contribution is -2.01. The normalized spacial score (nSPS) is 25.6. The average molecular weight is 121 g/mol. The number of nitrogens with zero attached hydrogens (tertiary/aromatic N) is 1. The van der Waals surface area contributed by atoms with Gasteiger partial charge < -0.3 is 0 Å². The van der Waals surface area contributed by atoms with Crippen LogP contribution in [0, 0.1) is 17.2 Å². The van der Waals surface area contributed by atoms with Crippen molar-refractivity contribution in [1.82, 2.24) is 0 Å². The van der Waals surface area contributed by atoms with Crippen molar-refractivity contribution in [3.05, 3.63) is 11.6 Å². The zero-order chi connectivity index (χ0) is 6.85. The Balaban J connectivity index is 2.75. The van der Waals surface area contributed by atoms with Crippen molar-refractivity contribution in [2.45, 2.75) is 13.3 Å². The highest BCUT2D eigenvalue weighted by molar-refractivity contribution is 5.96. The van der Waals surface area contributed by atoms with E-state index in [1.165, 1.54) is 0 Å². The van der Waals surface area contributed by atoms with E-state index >= 15 is 0 Å². The maximum atomic E-state index is 10.7.